The summed E-state index contributed by atoms with van der Waals surface area (Å²) in [5.74, 6) is -2.46. The van der Waals surface area contributed by atoms with Crippen LogP contribution in [0.4, 0.5) is 0 Å². The molecule has 4 N–H and O–H groups in total. The number of nitrogens with one attached hydrogen (secondary N) is 2. The number of thiocarbonyl (C=S) groups is 1. The van der Waals surface area contributed by atoms with Crippen LogP contribution in [0.15, 0.2) is 0 Å². The van der Waals surface area contributed by atoms with Crippen LogP contribution in [0, 0.1) is 0 Å². The van der Waals surface area contributed by atoms with Gasteiger partial charge in [-0.2, -0.15) is 0 Å². The Morgan fingerprint density at radius 1 is 1.19 bits per heavy atom. The van der Waals surface area contributed by atoms with E-state index in [9.17, 15) is 14.4 Å². The fourth-order valence-corrected chi connectivity index (χ4v) is 0.765. The van der Waals surface area contributed by atoms with Gasteiger partial charge in [-0.3, -0.25) is 14.4 Å². The van der Waals surface area contributed by atoms with E-state index in [0.717, 1.165) is 0 Å². The topological polar surface area (TPSA) is 111 Å². The summed E-state index contributed by atoms with van der Waals surface area (Å²) in [7, 11) is 0. The largest absolute Gasteiger partial charge is 0.465 e. The molecule has 0 aliphatic carbocycles. The van der Waals surface area contributed by atoms with Crippen LogP contribution in [0.2, 0.25) is 0 Å². The second-order valence-corrected chi connectivity index (χ2v) is 3.16. The lowest BCUT2D eigenvalue weighted by atomic mass is 10.5. The Balaban J connectivity index is 3.83. The van der Waals surface area contributed by atoms with Crippen molar-refractivity contribution in [3.63, 3.8) is 0 Å². The summed E-state index contributed by atoms with van der Waals surface area (Å²) in [6.45, 7) is 1.42. The second-order valence-electron chi connectivity index (χ2n) is 2.64. The van der Waals surface area contributed by atoms with E-state index < -0.39 is 17.8 Å². The third-order valence-electron chi connectivity index (χ3n) is 1.33. The van der Waals surface area contributed by atoms with Crippen LogP contribution in [-0.4, -0.2) is 42.5 Å². The van der Waals surface area contributed by atoms with Crippen molar-refractivity contribution in [3.05, 3.63) is 0 Å². The Morgan fingerprint density at radius 3 is 2.12 bits per heavy atom. The maximum Gasteiger partial charge on any atom is 0.325 e. The van der Waals surface area contributed by atoms with Gasteiger partial charge in [-0.15, -0.1) is 0 Å². The molecule has 0 rings (SSSR count). The van der Waals surface area contributed by atoms with Crippen LogP contribution in [0.3, 0.4) is 0 Å². The smallest absolute Gasteiger partial charge is 0.325 e. The number of hydrogen-bond donors (Lipinski definition) is 3. The molecule has 0 saturated heterocycles. The highest BCUT2D eigenvalue weighted by molar-refractivity contribution is 7.80. The number of esters is 1. The van der Waals surface area contributed by atoms with Gasteiger partial charge in [-0.25, -0.2) is 0 Å². The molecule has 0 aromatic rings. The van der Waals surface area contributed by atoms with E-state index in [1.54, 1.807) is 6.92 Å². The van der Waals surface area contributed by atoms with Crippen molar-refractivity contribution < 1.29 is 19.1 Å². The Labute approximate surface area is 97.7 Å². The van der Waals surface area contributed by atoms with E-state index in [4.69, 9.17) is 5.73 Å². The summed E-state index contributed by atoms with van der Waals surface area (Å²) in [6, 6.07) is 0. The summed E-state index contributed by atoms with van der Waals surface area (Å²) in [6.07, 6.45) is 0. The summed E-state index contributed by atoms with van der Waals surface area (Å²) in [5.41, 5.74) is 5.11. The van der Waals surface area contributed by atoms with Crippen molar-refractivity contribution in [2.45, 2.75) is 6.92 Å². The van der Waals surface area contributed by atoms with Crippen molar-refractivity contribution in [2.24, 2.45) is 5.73 Å². The molecule has 16 heavy (non-hydrogen) atoms. The molecule has 7 nitrogen and oxygen atoms in total. The standard InChI is InChI=1S/C8H13N3O4S/c1-2-15-6(12)4-11-8(14)7(13)10-3-5(9)16/h2-4H2,1H3,(H2,9,16)(H,10,13)(H,11,14). The van der Waals surface area contributed by atoms with Crippen molar-refractivity contribution in [1.82, 2.24) is 10.6 Å². The number of ether oxygens (including phenoxy) is 1. The Kier molecular flexibility index (Phi) is 6.77. The van der Waals surface area contributed by atoms with Crippen LogP contribution in [0.25, 0.3) is 0 Å². The fourth-order valence-electron chi connectivity index (χ4n) is 0.692. The summed E-state index contributed by atoms with van der Waals surface area (Å²) >= 11 is 4.50. The van der Waals surface area contributed by atoms with Gasteiger partial charge in [0.1, 0.15) is 6.54 Å². The Hall–Kier alpha value is -1.70. The maximum atomic E-state index is 11.0. The van der Waals surface area contributed by atoms with Gasteiger partial charge in [0.2, 0.25) is 0 Å². The average Bonchev–Trinajstić information content (AvgIpc) is 2.22. The van der Waals surface area contributed by atoms with Crippen LogP contribution in [-0.2, 0) is 19.1 Å². The summed E-state index contributed by atoms with van der Waals surface area (Å²) < 4.78 is 4.54. The first-order chi connectivity index (χ1) is 7.47. The Bertz CT molecular complexity index is 306. The number of hydrogen-bond acceptors (Lipinski definition) is 5. The van der Waals surface area contributed by atoms with Crippen molar-refractivity contribution in [2.75, 3.05) is 19.7 Å². The number of carbonyl (C=O) groups excluding carboxylic acids is 3. The van der Waals surface area contributed by atoms with Gasteiger partial charge in [0.05, 0.1) is 18.1 Å². The fraction of sp³-hybridized carbons (Fsp3) is 0.500. The number of rotatable bonds is 5. The molecule has 8 heteroatoms. The second kappa shape index (κ2) is 7.57. The third kappa shape index (κ3) is 6.71. The van der Waals surface area contributed by atoms with Gasteiger partial charge in [0.15, 0.2) is 0 Å². The molecular formula is C8H13N3O4S. The number of carbonyl (C=O) groups is 3. The first-order valence-corrected chi connectivity index (χ1v) is 4.88. The van der Waals surface area contributed by atoms with Crippen molar-refractivity contribution in [3.8, 4) is 0 Å². The van der Waals surface area contributed by atoms with Crippen molar-refractivity contribution >= 4 is 35.0 Å². The third-order valence-corrected chi connectivity index (χ3v) is 1.47. The van der Waals surface area contributed by atoms with E-state index in [1.165, 1.54) is 0 Å². The van der Waals surface area contributed by atoms with Crippen molar-refractivity contribution in [1.29, 1.82) is 0 Å². The minimum Gasteiger partial charge on any atom is -0.465 e. The molecule has 0 spiro atoms. The highest BCUT2D eigenvalue weighted by atomic mass is 32.1. The molecule has 0 unspecified atom stereocenters. The zero-order chi connectivity index (χ0) is 12.6. The lowest BCUT2D eigenvalue weighted by Crippen LogP contribution is -2.44. The van der Waals surface area contributed by atoms with Gasteiger partial charge < -0.3 is 21.1 Å². The predicted molar refractivity (Wildman–Crippen MR) is 59.4 cm³/mol. The minimum atomic E-state index is -0.940. The molecule has 0 fully saturated rings. The quantitative estimate of drug-likeness (QED) is 0.296. The first kappa shape index (κ1) is 14.3. The zero-order valence-corrected chi connectivity index (χ0v) is 9.56. The van der Waals surface area contributed by atoms with E-state index in [-0.39, 0.29) is 24.7 Å². The lowest BCUT2D eigenvalue weighted by Gasteiger charge is -2.05. The predicted octanol–water partition coefficient (Wildman–Crippen LogP) is -1.93. The molecule has 0 heterocycles. The normalized spacial score (nSPS) is 9.06. The van der Waals surface area contributed by atoms with Gasteiger partial charge in [0, 0.05) is 0 Å². The van der Waals surface area contributed by atoms with Gasteiger partial charge in [-0.05, 0) is 6.92 Å². The molecule has 0 atom stereocenters. The Morgan fingerprint density at radius 2 is 1.69 bits per heavy atom. The maximum absolute atomic E-state index is 11.0. The number of amides is 2. The number of nitrogens with two attached hydrogens (primary N) is 1. The van der Waals surface area contributed by atoms with E-state index >= 15 is 0 Å². The molecule has 0 aliphatic heterocycles. The average molecular weight is 247 g/mol. The lowest BCUT2D eigenvalue weighted by molar-refractivity contribution is -0.145. The molecule has 2 amide bonds. The van der Waals surface area contributed by atoms with Crippen LogP contribution in [0.5, 0.6) is 0 Å². The molecule has 0 saturated carbocycles. The monoisotopic (exact) mass is 247 g/mol. The zero-order valence-electron chi connectivity index (χ0n) is 8.74. The highest BCUT2D eigenvalue weighted by Crippen LogP contribution is 1.76. The van der Waals surface area contributed by atoms with E-state index in [0.29, 0.717) is 0 Å². The molecule has 0 aromatic carbocycles. The van der Waals surface area contributed by atoms with Crippen LogP contribution < -0.4 is 16.4 Å². The first-order valence-electron chi connectivity index (χ1n) is 4.47. The van der Waals surface area contributed by atoms with Gasteiger partial charge in [0.25, 0.3) is 0 Å². The molecule has 0 aliphatic rings. The van der Waals surface area contributed by atoms with Gasteiger partial charge in [-0.1, -0.05) is 12.2 Å². The minimum absolute atomic E-state index is 0.0616. The SMILES string of the molecule is CCOC(=O)CNC(=O)C(=O)NCC(N)=S. The molecule has 90 valence electrons. The highest BCUT2D eigenvalue weighted by Gasteiger charge is 2.14. The molecule has 0 aromatic heterocycles. The van der Waals surface area contributed by atoms with Crippen LogP contribution in [0.1, 0.15) is 6.92 Å². The van der Waals surface area contributed by atoms with E-state index in [2.05, 4.69) is 27.6 Å². The molecular weight excluding hydrogens is 234 g/mol. The molecule has 0 bridgehead atoms. The summed E-state index contributed by atoms with van der Waals surface area (Å²) in [5, 5.41) is 4.25. The summed E-state index contributed by atoms with van der Waals surface area (Å²) in [4.78, 5) is 33.0. The van der Waals surface area contributed by atoms with E-state index in [1.807, 2.05) is 0 Å². The van der Waals surface area contributed by atoms with Crippen LogP contribution >= 0.6 is 12.2 Å². The van der Waals surface area contributed by atoms with Gasteiger partial charge >= 0.3 is 17.8 Å². The molecule has 0 radical (unpaired) electrons.